The fourth-order valence-corrected chi connectivity index (χ4v) is 6.12. The van der Waals surface area contributed by atoms with E-state index in [2.05, 4.69) is 5.32 Å². The van der Waals surface area contributed by atoms with Gasteiger partial charge in [-0.2, -0.15) is 4.31 Å². The number of rotatable bonds is 10. The summed E-state index contributed by atoms with van der Waals surface area (Å²) in [7, 11) is -3.65. The van der Waals surface area contributed by atoms with Gasteiger partial charge in [-0.25, -0.2) is 8.42 Å². The number of fused-ring (bicyclic) bond motifs is 1. The first-order valence-electron chi connectivity index (χ1n) is 13.6. The van der Waals surface area contributed by atoms with Crippen molar-refractivity contribution in [2.24, 2.45) is 0 Å². The zero-order chi connectivity index (χ0) is 28.8. The average Bonchev–Trinajstić information content (AvgIpc) is 2.99. The van der Waals surface area contributed by atoms with E-state index in [-0.39, 0.29) is 17.4 Å². The molecule has 2 aliphatic heterocycles. The normalized spacial score (nSPS) is 15.6. The van der Waals surface area contributed by atoms with Crippen molar-refractivity contribution in [3.8, 4) is 11.5 Å². The molecule has 11 heteroatoms. The van der Waals surface area contributed by atoms with Crippen molar-refractivity contribution in [2.45, 2.75) is 24.7 Å². The lowest BCUT2D eigenvalue weighted by molar-refractivity contribution is -0.121. The molecule has 41 heavy (non-hydrogen) atoms. The smallest absolute Gasteiger partial charge is 0.265 e. The zero-order valence-corrected chi connectivity index (χ0v) is 23.7. The summed E-state index contributed by atoms with van der Waals surface area (Å²) in [6.45, 7) is 4.30. The van der Waals surface area contributed by atoms with Crippen molar-refractivity contribution < 1.29 is 32.2 Å². The molecule has 0 aliphatic carbocycles. The topological polar surface area (TPSA) is 114 Å². The van der Waals surface area contributed by atoms with Gasteiger partial charge in [0.15, 0.2) is 6.61 Å². The molecule has 3 aromatic rings. The van der Waals surface area contributed by atoms with Gasteiger partial charge in [0.2, 0.25) is 10.0 Å². The predicted octanol–water partition coefficient (Wildman–Crippen LogP) is 3.85. The molecule has 2 amide bonds. The predicted molar refractivity (Wildman–Crippen MR) is 154 cm³/mol. The van der Waals surface area contributed by atoms with Crippen LogP contribution in [0.2, 0.25) is 0 Å². The number of carbonyl (C=O) groups excluding carboxylic acids is 2. The van der Waals surface area contributed by atoms with Crippen molar-refractivity contribution in [1.82, 2.24) is 4.31 Å². The summed E-state index contributed by atoms with van der Waals surface area (Å²) in [5, 5.41) is 2.84. The van der Waals surface area contributed by atoms with E-state index in [1.165, 1.54) is 28.6 Å². The van der Waals surface area contributed by atoms with E-state index in [0.717, 1.165) is 24.2 Å². The van der Waals surface area contributed by atoms with E-state index < -0.39 is 15.9 Å². The molecule has 0 spiro atoms. The third-order valence-corrected chi connectivity index (χ3v) is 8.92. The van der Waals surface area contributed by atoms with Gasteiger partial charge >= 0.3 is 0 Å². The molecule has 5 rings (SSSR count). The van der Waals surface area contributed by atoms with E-state index in [4.69, 9.17) is 14.2 Å². The van der Waals surface area contributed by atoms with Crippen LogP contribution in [0, 0.1) is 6.92 Å². The molecule has 10 nitrogen and oxygen atoms in total. The van der Waals surface area contributed by atoms with Crippen LogP contribution in [0.3, 0.4) is 0 Å². The van der Waals surface area contributed by atoms with Gasteiger partial charge in [-0.1, -0.05) is 18.2 Å². The molecule has 0 bridgehead atoms. The van der Waals surface area contributed by atoms with Crippen molar-refractivity contribution >= 4 is 33.2 Å². The van der Waals surface area contributed by atoms with Crippen LogP contribution in [0.4, 0.5) is 11.4 Å². The highest BCUT2D eigenvalue weighted by molar-refractivity contribution is 7.89. The highest BCUT2D eigenvalue weighted by Gasteiger charge is 2.27. The number of ether oxygens (including phenoxy) is 3. The van der Waals surface area contributed by atoms with E-state index >= 15 is 0 Å². The number of unbranched alkanes of at least 4 members (excludes halogenated alkanes) is 1. The Balaban J connectivity index is 1.20. The third-order valence-electron chi connectivity index (χ3n) is 7.01. The summed E-state index contributed by atoms with van der Waals surface area (Å²) in [5.41, 5.74) is 2.46. The maximum Gasteiger partial charge on any atom is 0.265 e. The summed E-state index contributed by atoms with van der Waals surface area (Å²) < 4.78 is 43.8. The van der Waals surface area contributed by atoms with Crippen LogP contribution in [0.15, 0.2) is 71.6 Å². The number of aryl methyl sites for hydroxylation is 1. The average molecular weight is 580 g/mol. The second-order valence-electron chi connectivity index (χ2n) is 9.83. The number of para-hydroxylation sites is 1. The molecular weight excluding hydrogens is 546 g/mol. The molecule has 0 radical (unpaired) electrons. The summed E-state index contributed by atoms with van der Waals surface area (Å²) in [5.74, 6) is 0.867. The number of carbonyl (C=O) groups is 2. The molecule has 0 aromatic heterocycles. The molecule has 1 fully saturated rings. The second-order valence-corrected chi connectivity index (χ2v) is 11.8. The Morgan fingerprint density at radius 1 is 1.00 bits per heavy atom. The first-order valence-corrected chi connectivity index (χ1v) is 15.0. The number of morpholine rings is 1. The van der Waals surface area contributed by atoms with Gasteiger partial charge < -0.3 is 24.4 Å². The fraction of sp³-hybridized carbons (Fsp3) is 0.333. The Morgan fingerprint density at radius 3 is 2.51 bits per heavy atom. The summed E-state index contributed by atoms with van der Waals surface area (Å²) in [6.07, 6.45) is 1.50. The van der Waals surface area contributed by atoms with Gasteiger partial charge in [0.05, 0.1) is 30.4 Å². The maximum atomic E-state index is 13.0. The van der Waals surface area contributed by atoms with E-state index in [1.807, 2.05) is 31.2 Å². The lowest BCUT2D eigenvalue weighted by atomic mass is 10.1. The Kier molecular flexibility index (Phi) is 8.87. The number of benzene rings is 3. The monoisotopic (exact) mass is 579 g/mol. The first-order chi connectivity index (χ1) is 19.8. The van der Waals surface area contributed by atoms with Gasteiger partial charge in [-0.15, -0.1) is 0 Å². The fourth-order valence-electron chi connectivity index (χ4n) is 4.72. The Labute approximate surface area is 239 Å². The number of nitrogens with one attached hydrogen (secondary N) is 1. The van der Waals surface area contributed by atoms with Gasteiger partial charge in [-0.05, 0) is 73.9 Å². The number of hydrogen-bond acceptors (Lipinski definition) is 7. The third kappa shape index (κ3) is 6.70. The number of anilines is 2. The first kappa shape index (κ1) is 28.6. The number of hydrogen-bond donors (Lipinski definition) is 1. The van der Waals surface area contributed by atoms with Crippen LogP contribution in [0.5, 0.6) is 11.5 Å². The zero-order valence-electron chi connectivity index (χ0n) is 22.9. The van der Waals surface area contributed by atoms with Crippen molar-refractivity contribution in [2.75, 3.05) is 56.3 Å². The van der Waals surface area contributed by atoms with Crippen LogP contribution in [0.1, 0.15) is 28.8 Å². The highest BCUT2D eigenvalue weighted by atomic mass is 32.2. The Morgan fingerprint density at radius 2 is 1.76 bits per heavy atom. The molecule has 0 atom stereocenters. The van der Waals surface area contributed by atoms with Crippen molar-refractivity contribution in [3.63, 3.8) is 0 Å². The summed E-state index contributed by atoms with van der Waals surface area (Å²) in [6, 6.07) is 18.8. The number of sulfonamides is 1. The minimum Gasteiger partial charge on any atom is -0.493 e. The maximum absolute atomic E-state index is 13.0. The molecule has 1 saturated heterocycles. The standard InChI is InChI=1S/C30H33N3O7S/c1-22-6-2-3-7-27(22)39-17-5-4-14-33-26-20-24(10-13-28(26)40-21-29(33)34)31-30(35)23-8-11-25(12-9-23)41(36,37)32-15-18-38-19-16-32/h2-3,6-13,20H,4-5,14-19,21H2,1H3,(H,31,35). The summed E-state index contributed by atoms with van der Waals surface area (Å²) in [4.78, 5) is 27.5. The largest absolute Gasteiger partial charge is 0.493 e. The molecule has 2 heterocycles. The van der Waals surface area contributed by atoms with E-state index in [1.54, 1.807) is 23.1 Å². The molecule has 0 saturated carbocycles. The molecule has 3 aromatic carbocycles. The minimum atomic E-state index is -3.65. The molecule has 216 valence electrons. The van der Waals surface area contributed by atoms with Crippen LogP contribution in [-0.2, 0) is 19.6 Å². The lowest BCUT2D eigenvalue weighted by Gasteiger charge is -2.30. The molecule has 2 aliphatic rings. The second kappa shape index (κ2) is 12.7. The van der Waals surface area contributed by atoms with Crippen molar-refractivity contribution in [3.05, 3.63) is 77.9 Å². The minimum absolute atomic E-state index is 0.0435. The van der Waals surface area contributed by atoms with Crippen LogP contribution in [0.25, 0.3) is 0 Å². The lowest BCUT2D eigenvalue weighted by Crippen LogP contribution is -2.40. The highest BCUT2D eigenvalue weighted by Crippen LogP contribution is 2.35. The van der Waals surface area contributed by atoms with E-state index in [0.29, 0.717) is 62.1 Å². The number of amides is 2. The Hall–Kier alpha value is -3.93. The van der Waals surface area contributed by atoms with Gasteiger partial charge in [-0.3, -0.25) is 9.59 Å². The molecule has 0 unspecified atom stereocenters. The molecule has 1 N–H and O–H groups in total. The summed E-state index contributed by atoms with van der Waals surface area (Å²) >= 11 is 0. The Bertz CT molecular complexity index is 1500. The quantitative estimate of drug-likeness (QED) is 0.363. The van der Waals surface area contributed by atoms with Crippen LogP contribution < -0.4 is 19.7 Å². The van der Waals surface area contributed by atoms with Gasteiger partial charge in [0, 0.05) is 30.9 Å². The van der Waals surface area contributed by atoms with Crippen LogP contribution in [-0.4, -0.2) is 70.6 Å². The van der Waals surface area contributed by atoms with Gasteiger partial charge in [0.1, 0.15) is 11.5 Å². The number of nitrogens with zero attached hydrogens (tertiary/aromatic N) is 2. The molecular formula is C30H33N3O7S. The van der Waals surface area contributed by atoms with Gasteiger partial charge in [0.25, 0.3) is 11.8 Å². The SMILES string of the molecule is Cc1ccccc1OCCCCN1C(=O)COc2ccc(NC(=O)c3ccc(S(=O)(=O)N4CCOCC4)cc3)cc21. The van der Waals surface area contributed by atoms with E-state index in [9.17, 15) is 18.0 Å². The van der Waals surface area contributed by atoms with Crippen LogP contribution >= 0.6 is 0 Å². The van der Waals surface area contributed by atoms with Crippen molar-refractivity contribution in [1.29, 1.82) is 0 Å².